The molecule has 0 aliphatic heterocycles. The van der Waals surface area contributed by atoms with Gasteiger partial charge in [-0.2, -0.15) is 0 Å². The highest BCUT2D eigenvalue weighted by molar-refractivity contribution is 6.30. The Morgan fingerprint density at radius 2 is 1.78 bits per heavy atom. The van der Waals surface area contributed by atoms with E-state index in [0.29, 0.717) is 16.6 Å². The zero-order valence-electron chi connectivity index (χ0n) is 10.4. The maximum atomic E-state index is 12.1. The zero-order chi connectivity index (χ0) is 13.0. The minimum Gasteiger partial charge on any atom is -0.349 e. The smallest absolute Gasteiger partial charge is 0.251 e. The molecule has 1 aromatic rings. The van der Waals surface area contributed by atoms with Crippen molar-refractivity contribution in [1.82, 2.24) is 5.32 Å². The van der Waals surface area contributed by atoms with Crippen molar-refractivity contribution in [3.8, 4) is 0 Å². The lowest BCUT2D eigenvalue weighted by molar-refractivity contribution is -0.116. The van der Waals surface area contributed by atoms with Gasteiger partial charge in [0.15, 0.2) is 0 Å². The summed E-state index contributed by atoms with van der Waals surface area (Å²) in [6, 6.07) is 7.51. The molecule has 96 valence electrons. The lowest BCUT2D eigenvalue weighted by Crippen LogP contribution is -2.36. The Hall–Kier alpha value is -1.28. The van der Waals surface area contributed by atoms with Gasteiger partial charge in [-0.25, -0.2) is 0 Å². The minimum atomic E-state index is -0.0655. The van der Waals surface area contributed by atoms with Gasteiger partial charge in [0, 0.05) is 16.6 Å². The molecule has 0 heterocycles. The van der Waals surface area contributed by atoms with Crippen LogP contribution in [0.25, 0.3) is 5.57 Å². The van der Waals surface area contributed by atoms with Crippen molar-refractivity contribution in [2.24, 2.45) is 0 Å². The Balaban J connectivity index is 1.95. The first-order valence-electron chi connectivity index (χ1n) is 6.42. The van der Waals surface area contributed by atoms with Crippen LogP contribution in [0.15, 0.2) is 30.8 Å². The molecule has 2 rings (SSSR count). The van der Waals surface area contributed by atoms with E-state index in [1.165, 1.54) is 19.3 Å². The Labute approximate surface area is 113 Å². The lowest BCUT2D eigenvalue weighted by atomic mass is 9.95. The number of benzene rings is 1. The number of carbonyl (C=O) groups excluding carboxylic acids is 1. The molecule has 0 aromatic heterocycles. The third kappa shape index (κ3) is 3.36. The highest BCUT2D eigenvalue weighted by Gasteiger charge is 2.17. The molecule has 2 nitrogen and oxygen atoms in total. The van der Waals surface area contributed by atoms with Gasteiger partial charge in [0.25, 0.3) is 5.91 Å². The second-order valence-corrected chi connectivity index (χ2v) is 5.23. The normalized spacial score (nSPS) is 16.3. The van der Waals surface area contributed by atoms with Crippen LogP contribution in [0.5, 0.6) is 0 Å². The first-order valence-corrected chi connectivity index (χ1v) is 6.80. The second-order valence-electron chi connectivity index (χ2n) is 4.79. The number of hydrogen-bond donors (Lipinski definition) is 1. The van der Waals surface area contributed by atoms with Gasteiger partial charge in [-0.1, -0.05) is 49.6 Å². The lowest BCUT2D eigenvalue weighted by Gasteiger charge is -2.23. The molecule has 1 aliphatic rings. The van der Waals surface area contributed by atoms with Crippen LogP contribution in [0.1, 0.15) is 37.7 Å². The molecule has 0 atom stereocenters. The number of rotatable bonds is 3. The van der Waals surface area contributed by atoms with E-state index in [1.54, 1.807) is 12.1 Å². The fourth-order valence-electron chi connectivity index (χ4n) is 2.30. The summed E-state index contributed by atoms with van der Waals surface area (Å²) >= 11 is 5.82. The van der Waals surface area contributed by atoms with Gasteiger partial charge in [0.1, 0.15) is 0 Å². The van der Waals surface area contributed by atoms with Crippen molar-refractivity contribution in [3.63, 3.8) is 0 Å². The minimum absolute atomic E-state index is 0.0655. The average molecular weight is 264 g/mol. The van der Waals surface area contributed by atoms with E-state index in [-0.39, 0.29) is 5.91 Å². The monoisotopic (exact) mass is 263 g/mol. The summed E-state index contributed by atoms with van der Waals surface area (Å²) in [4.78, 5) is 12.1. The van der Waals surface area contributed by atoms with Crippen LogP contribution >= 0.6 is 11.6 Å². The topological polar surface area (TPSA) is 29.1 Å². The quantitative estimate of drug-likeness (QED) is 0.826. The summed E-state index contributed by atoms with van der Waals surface area (Å²) < 4.78 is 0. The van der Waals surface area contributed by atoms with Gasteiger partial charge < -0.3 is 5.32 Å². The summed E-state index contributed by atoms with van der Waals surface area (Å²) in [5, 5.41) is 3.73. The van der Waals surface area contributed by atoms with Crippen molar-refractivity contribution >= 4 is 23.1 Å². The molecule has 0 unspecified atom stereocenters. The Bertz CT molecular complexity index is 432. The molecule has 3 heteroatoms. The predicted molar refractivity (Wildman–Crippen MR) is 75.5 cm³/mol. The molecule has 0 spiro atoms. The number of halogens is 1. The van der Waals surface area contributed by atoms with Crippen molar-refractivity contribution in [2.75, 3.05) is 0 Å². The van der Waals surface area contributed by atoms with Crippen LogP contribution in [-0.4, -0.2) is 11.9 Å². The maximum Gasteiger partial charge on any atom is 0.251 e. The van der Waals surface area contributed by atoms with E-state index in [0.717, 1.165) is 18.4 Å². The van der Waals surface area contributed by atoms with Crippen LogP contribution < -0.4 is 5.32 Å². The Morgan fingerprint density at radius 1 is 1.17 bits per heavy atom. The van der Waals surface area contributed by atoms with E-state index < -0.39 is 0 Å². The molecule has 1 amide bonds. The molecule has 1 fully saturated rings. The highest BCUT2D eigenvalue weighted by atomic mass is 35.5. The average Bonchev–Trinajstić information content (AvgIpc) is 2.40. The molecular formula is C15H18ClNO. The molecule has 18 heavy (non-hydrogen) atoms. The van der Waals surface area contributed by atoms with Gasteiger partial charge in [0.05, 0.1) is 0 Å². The molecule has 0 bridgehead atoms. The molecular weight excluding hydrogens is 246 g/mol. The van der Waals surface area contributed by atoms with Gasteiger partial charge in [-0.3, -0.25) is 4.79 Å². The van der Waals surface area contributed by atoms with Crippen molar-refractivity contribution in [3.05, 3.63) is 41.4 Å². The van der Waals surface area contributed by atoms with Crippen molar-refractivity contribution in [2.45, 2.75) is 38.1 Å². The fraction of sp³-hybridized carbons (Fsp3) is 0.400. The van der Waals surface area contributed by atoms with E-state index >= 15 is 0 Å². The predicted octanol–water partition coefficient (Wildman–Crippen LogP) is 3.80. The summed E-state index contributed by atoms with van der Waals surface area (Å²) in [7, 11) is 0. The molecule has 1 N–H and O–H groups in total. The fourth-order valence-corrected chi connectivity index (χ4v) is 2.43. The number of carbonyl (C=O) groups is 1. The first-order chi connectivity index (χ1) is 8.66. The largest absolute Gasteiger partial charge is 0.349 e. The molecule has 1 aromatic carbocycles. The molecule has 0 saturated heterocycles. The third-order valence-electron chi connectivity index (χ3n) is 3.41. The SMILES string of the molecule is C=C(C(=O)NC1CCCCC1)c1ccc(Cl)cc1. The number of hydrogen-bond acceptors (Lipinski definition) is 1. The first kappa shape index (κ1) is 13.2. The molecule has 1 saturated carbocycles. The summed E-state index contributed by atoms with van der Waals surface area (Å²) in [6.07, 6.45) is 5.86. The summed E-state index contributed by atoms with van der Waals surface area (Å²) in [5.74, 6) is -0.0655. The van der Waals surface area contributed by atoms with Gasteiger partial charge in [-0.15, -0.1) is 0 Å². The molecule has 0 radical (unpaired) electrons. The van der Waals surface area contributed by atoms with E-state index in [9.17, 15) is 4.79 Å². The van der Waals surface area contributed by atoms with Crippen LogP contribution in [0.2, 0.25) is 5.02 Å². The zero-order valence-corrected chi connectivity index (χ0v) is 11.2. The summed E-state index contributed by atoms with van der Waals surface area (Å²) in [6.45, 7) is 3.86. The van der Waals surface area contributed by atoms with Gasteiger partial charge in [0.2, 0.25) is 0 Å². The Morgan fingerprint density at radius 3 is 2.39 bits per heavy atom. The second kappa shape index (κ2) is 6.05. The Kier molecular flexibility index (Phi) is 4.43. The van der Waals surface area contributed by atoms with Crippen LogP contribution in [-0.2, 0) is 4.79 Å². The standard InChI is InChI=1S/C15H18ClNO/c1-11(12-7-9-13(16)10-8-12)15(18)17-14-5-3-2-4-6-14/h7-10,14H,1-6H2,(H,17,18). The number of nitrogens with one attached hydrogen (secondary N) is 1. The van der Waals surface area contributed by atoms with Crippen LogP contribution in [0, 0.1) is 0 Å². The third-order valence-corrected chi connectivity index (χ3v) is 3.66. The number of amides is 1. The van der Waals surface area contributed by atoms with Gasteiger partial charge >= 0.3 is 0 Å². The van der Waals surface area contributed by atoms with Crippen LogP contribution in [0.3, 0.4) is 0 Å². The van der Waals surface area contributed by atoms with E-state index in [1.807, 2.05) is 12.1 Å². The van der Waals surface area contributed by atoms with Crippen molar-refractivity contribution < 1.29 is 4.79 Å². The van der Waals surface area contributed by atoms with Crippen LogP contribution in [0.4, 0.5) is 0 Å². The van der Waals surface area contributed by atoms with E-state index in [2.05, 4.69) is 11.9 Å². The summed E-state index contributed by atoms with van der Waals surface area (Å²) in [5.41, 5.74) is 1.34. The van der Waals surface area contributed by atoms with E-state index in [4.69, 9.17) is 11.6 Å². The van der Waals surface area contributed by atoms with Gasteiger partial charge in [-0.05, 0) is 30.5 Å². The van der Waals surface area contributed by atoms with Crippen molar-refractivity contribution in [1.29, 1.82) is 0 Å². The molecule has 1 aliphatic carbocycles. The highest BCUT2D eigenvalue weighted by Crippen LogP contribution is 2.20. The maximum absolute atomic E-state index is 12.1.